The van der Waals surface area contributed by atoms with Crippen molar-refractivity contribution in [3.8, 4) is 0 Å². The molecule has 5 heteroatoms. The molecule has 2 aliphatic heterocycles. The molecule has 0 aromatic rings. The van der Waals surface area contributed by atoms with Gasteiger partial charge in [0.2, 0.25) is 0 Å². The molecular formula is C19H32O5. The fourth-order valence-electron chi connectivity index (χ4n) is 3.81. The molecular weight excluding hydrogens is 308 g/mol. The summed E-state index contributed by atoms with van der Waals surface area (Å²) in [6.45, 7) is 4.00. The molecule has 0 saturated carbocycles. The molecule has 4 atom stereocenters. The third-order valence-corrected chi connectivity index (χ3v) is 5.06. The van der Waals surface area contributed by atoms with Gasteiger partial charge in [0.05, 0.1) is 25.4 Å². The number of hydrogen-bond donors (Lipinski definition) is 1. The zero-order chi connectivity index (χ0) is 17.2. The second-order valence-corrected chi connectivity index (χ2v) is 6.87. The van der Waals surface area contributed by atoms with Crippen LogP contribution in [0, 0.1) is 11.8 Å². The molecule has 1 N–H and O–H groups in total. The molecule has 0 aliphatic carbocycles. The highest BCUT2D eigenvalue weighted by Gasteiger charge is 2.48. The van der Waals surface area contributed by atoms with Crippen molar-refractivity contribution in [1.29, 1.82) is 0 Å². The fraction of sp³-hybridized carbons (Fsp3) is 0.842. The molecule has 5 nitrogen and oxygen atoms in total. The van der Waals surface area contributed by atoms with Crippen molar-refractivity contribution in [2.24, 2.45) is 11.8 Å². The highest BCUT2D eigenvalue weighted by Crippen LogP contribution is 2.45. The number of carbonyl (C=O) groups is 1. The standard InChI is InChI=1S/C19H32O5/c1-2-3-4-6-11-22-13-16-15(17-9-10-18(16)24-17)8-5-7-12-23-14-19(20)21/h5,7,15-18H,2-4,6,8-14H2,1H3,(H,20,21)/b7-5-/t15-,16+,17-,18+/m0/s1. The van der Waals surface area contributed by atoms with Gasteiger partial charge in [-0.25, -0.2) is 4.79 Å². The van der Waals surface area contributed by atoms with E-state index in [2.05, 4.69) is 13.0 Å². The monoisotopic (exact) mass is 340 g/mol. The quantitative estimate of drug-likeness (QED) is 0.411. The molecule has 0 aromatic heterocycles. The number of rotatable bonds is 13. The van der Waals surface area contributed by atoms with Crippen molar-refractivity contribution in [1.82, 2.24) is 0 Å². The highest BCUT2D eigenvalue weighted by molar-refractivity contribution is 5.67. The summed E-state index contributed by atoms with van der Waals surface area (Å²) >= 11 is 0. The van der Waals surface area contributed by atoms with Crippen LogP contribution in [0.5, 0.6) is 0 Å². The Kier molecular flexibility index (Phi) is 8.78. The summed E-state index contributed by atoms with van der Waals surface area (Å²) < 4.78 is 17.0. The molecule has 24 heavy (non-hydrogen) atoms. The van der Waals surface area contributed by atoms with E-state index in [4.69, 9.17) is 19.3 Å². The summed E-state index contributed by atoms with van der Waals surface area (Å²) in [5.41, 5.74) is 0. The van der Waals surface area contributed by atoms with Crippen molar-refractivity contribution in [3.63, 3.8) is 0 Å². The first-order valence-corrected chi connectivity index (χ1v) is 9.40. The number of carboxylic acids is 1. The van der Waals surface area contributed by atoms with Crippen LogP contribution in [-0.4, -0.2) is 49.7 Å². The van der Waals surface area contributed by atoms with E-state index >= 15 is 0 Å². The van der Waals surface area contributed by atoms with Crippen LogP contribution in [0.2, 0.25) is 0 Å². The van der Waals surface area contributed by atoms with Gasteiger partial charge in [0.15, 0.2) is 0 Å². The first kappa shape index (κ1) is 19.4. The van der Waals surface area contributed by atoms with Gasteiger partial charge in [-0.2, -0.15) is 0 Å². The van der Waals surface area contributed by atoms with Gasteiger partial charge in [0.25, 0.3) is 0 Å². The van der Waals surface area contributed by atoms with Crippen LogP contribution >= 0.6 is 0 Å². The van der Waals surface area contributed by atoms with Crippen LogP contribution in [0.3, 0.4) is 0 Å². The number of hydrogen-bond acceptors (Lipinski definition) is 4. The Hall–Kier alpha value is -0.910. The Balaban J connectivity index is 1.65. The minimum atomic E-state index is -0.930. The Morgan fingerprint density at radius 1 is 1.12 bits per heavy atom. The molecule has 0 aromatic carbocycles. The first-order valence-electron chi connectivity index (χ1n) is 9.40. The predicted octanol–water partition coefficient (Wildman–Crippen LogP) is 3.42. The molecule has 0 radical (unpaired) electrons. The number of unbranched alkanes of at least 4 members (excludes halogenated alkanes) is 3. The first-order chi connectivity index (χ1) is 11.7. The van der Waals surface area contributed by atoms with Crippen molar-refractivity contribution in [3.05, 3.63) is 12.2 Å². The van der Waals surface area contributed by atoms with Crippen LogP contribution in [0.4, 0.5) is 0 Å². The summed E-state index contributed by atoms with van der Waals surface area (Å²) in [4.78, 5) is 10.4. The maximum absolute atomic E-state index is 10.4. The average Bonchev–Trinajstić information content (AvgIpc) is 3.15. The summed E-state index contributed by atoms with van der Waals surface area (Å²) in [7, 11) is 0. The van der Waals surface area contributed by atoms with E-state index in [-0.39, 0.29) is 6.61 Å². The zero-order valence-electron chi connectivity index (χ0n) is 14.8. The van der Waals surface area contributed by atoms with E-state index in [1.807, 2.05) is 6.08 Å². The number of allylic oxidation sites excluding steroid dienone is 1. The summed E-state index contributed by atoms with van der Waals surface area (Å²) in [6.07, 6.45) is 13.0. The SMILES string of the molecule is CCCCCCOC[C@@H]1[C@H](C/C=C\COCC(=O)O)[C@@H]2CC[C@H]1O2. The second kappa shape index (κ2) is 10.9. The van der Waals surface area contributed by atoms with Gasteiger partial charge in [0, 0.05) is 12.5 Å². The maximum atomic E-state index is 10.4. The van der Waals surface area contributed by atoms with Crippen LogP contribution < -0.4 is 0 Å². The van der Waals surface area contributed by atoms with Crippen LogP contribution in [-0.2, 0) is 19.0 Å². The van der Waals surface area contributed by atoms with Crippen molar-refractivity contribution >= 4 is 5.97 Å². The van der Waals surface area contributed by atoms with E-state index in [1.54, 1.807) is 0 Å². The smallest absolute Gasteiger partial charge is 0.329 e. The van der Waals surface area contributed by atoms with Gasteiger partial charge >= 0.3 is 5.97 Å². The van der Waals surface area contributed by atoms with Gasteiger partial charge < -0.3 is 19.3 Å². The third kappa shape index (κ3) is 6.19. The molecule has 2 saturated heterocycles. The van der Waals surface area contributed by atoms with Crippen LogP contribution in [0.25, 0.3) is 0 Å². The molecule has 0 spiro atoms. The largest absolute Gasteiger partial charge is 0.480 e. The lowest BCUT2D eigenvalue weighted by Gasteiger charge is -2.27. The van der Waals surface area contributed by atoms with E-state index in [0.717, 1.165) is 38.9 Å². The number of fused-ring (bicyclic) bond motifs is 2. The molecule has 2 fully saturated rings. The topological polar surface area (TPSA) is 65.0 Å². The third-order valence-electron chi connectivity index (χ3n) is 5.06. The minimum absolute atomic E-state index is 0.240. The number of ether oxygens (including phenoxy) is 3. The highest BCUT2D eigenvalue weighted by atomic mass is 16.5. The molecule has 2 rings (SSSR count). The average molecular weight is 340 g/mol. The van der Waals surface area contributed by atoms with Crippen LogP contribution in [0.1, 0.15) is 51.9 Å². The van der Waals surface area contributed by atoms with Crippen molar-refractivity contribution in [2.45, 2.75) is 64.1 Å². The Morgan fingerprint density at radius 3 is 2.67 bits per heavy atom. The summed E-state index contributed by atoms with van der Waals surface area (Å²) in [6, 6.07) is 0. The Morgan fingerprint density at radius 2 is 1.92 bits per heavy atom. The van der Waals surface area contributed by atoms with Crippen molar-refractivity contribution < 1.29 is 24.1 Å². The van der Waals surface area contributed by atoms with Gasteiger partial charge in [-0.15, -0.1) is 0 Å². The maximum Gasteiger partial charge on any atom is 0.329 e. The summed E-state index contributed by atoms with van der Waals surface area (Å²) in [5.74, 6) is 0.0932. The second-order valence-electron chi connectivity index (χ2n) is 6.87. The predicted molar refractivity (Wildman–Crippen MR) is 92.0 cm³/mol. The van der Waals surface area contributed by atoms with Gasteiger partial charge in [0.1, 0.15) is 6.61 Å². The zero-order valence-corrected chi connectivity index (χ0v) is 14.8. The Labute approximate surface area is 145 Å². The lowest BCUT2D eigenvalue weighted by Crippen LogP contribution is -2.30. The van der Waals surface area contributed by atoms with Gasteiger partial charge in [-0.1, -0.05) is 38.3 Å². The van der Waals surface area contributed by atoms with E-state index in [0.29, 0.717) is 30.7 Å². The molecule has 2 bridgehead atoms. The molecule has 2 aliphatic rings. The Bertz CT molecular complexity index is 395. The lowest BCUT2D eigenvalue weighted by atomic mass is 9.78. The minimum Gasteiger partial charge on any atom is -0.480 e. The van der Waals surface area contributed by atoms with E-state index < -0.39 is 5.97 Å². The van der Waals surface area contributed by atoms with E-state index in [9.17, 15) is 4.79 Å². The molecule has 0 amide bonds. The normalized spacial score (nSPS) is 28.9. The molecule has 2 heterocycles. The number of carboxylic acid groups (broad SMARTS) is 1. The summed E-state index contributed by atoms with van der Waals surface area (Å²) in [5, 5.41) is 8.52. The lowest BCUT2D eigenvalue weighted by molar-refractivity contribution is -0.141. The molecule has 138 valence electrons. The van der Waals surface area contributed by atoms with Crippen LogP contribution in [0.15, 0.2) is 12.2 Å². The number of aliphatic carboxylic acids is 1. The van der Waals surface area contributed by atoms with Gasteiger partial charge in [-0.3, -0.25) is 0 Å². The van der Waals surface area contributed by atoms with Crippen molar-refractivity contribution in [2.75, 3.05) is 26.4 Å². The molecule has 0 unspecified atom stereocenters. The fourth-order valence-corrected chi connectivity index (χ4v) is 3.81. The van der Waals surface area contributed by atoms with E-state index in [1.165, 1.54) is 19.3 Å². The van der Waals surface area contributed by atoms with Gasteiger partial charge in [-0.05, 0) is 31.6 Å².